The topological polar surface area (TPSA) is 84.3 Å². The number of aromatic amines is 1. The fourth-order valence-corrected chi connectivity index (χ4v) is 3.79. The molecule has 0 saturated heterocycles. The first-order valence-electron chi connectivity index (χ1n) is 10.7. The lowest BCUT2D eigenvalue weighted by molar-refractivity contribution is -0.00518. The number of nitrogens with one attached hydrogen (secondary N) is 1. The van der Waals surface area contributed by atoms with Crippen LogP contribution in [0.25, 0.3) is 10.9 Å². The lowest BCUT2D eigenvalue weighted by Gasteiger charge is -2.25. The molecule has 2 heterocycles. The van der Waals surface area contributed by atoms with Crippen molar-refractivity contribution in [2.24, 2.45) is 13.0 Å². The lowest BCUT2D eigenvalue weighted by Crippen LogP contribution is -2.28. The van der Waals surface area contributed by atoms with Crippen LogP contribution in [0.1, 0.15) is 81.4 Å². The average Bonchev–Trinajstić information content (AvgIpc) is 3.45. The molecule has 162 valence electrons. The number of aliphatic hydroxyl groups is 1. The summed E-state index contributed by atoms with van der Waals surface area (Å²) in [5, 5.41) is 11.1. The molecule has 2 N–H and O–H groups in total. The second kappa shape index (κ2) is 7.96. The molecule has 1 unspecified atom stereocenters. The molecule has 3 rings (SSSR count). The molecule has 30 heavy (non-hydrogen) atoms. The van der Waals surface area contributed by atoms with Gasteiger partial charge in [-0.25, -0.2) is 4.79 Å². The molecule has 1 atom stereocenters. The SMILES string of the molecule is CCCCC(C)(C)OC(=O)c1c(C)[nH]c2c(=O)n(C)cc(C#CC(C)(O)C3CC3)c12. The van der Waals surface area contributed by atoms with E-state index >= 15 is 0 Å². The third-order valence-electron chi connectivity index (χ3n) is 5.84. The quantitative estimate of drug-likeness (QED) is 0.558. The number of rotatable bonds is 6. The Hall–Kier alpha value is -2.52. The molecule has 0 amide bonds. The number of nitrogens with zero attached hydrogens (tertiary/aromatic N) is 1. The fourth-order valence-electron chi connectivity index (χ4n) is 3.79. The summed E-state index contributed by atoms with van der Waals surface area (Å²) in [5.74, 6) is 5.69. The number of hydrogen-bond acceptors (Lipinski definition) is 4. The maximum absolute atomic E-state index is 13.1. The van der Waals surface area contributed by atoms with E-state index in [9.17, 15) is 14.7 Å². The van der Waals surface area contributed by atoms with Crippen molar-refractivity contribution in [2.45, 2.75) is 77.9 Å². The largest absolute Gasteiger partial charge is 0.456 e. The first kappa shape index (κ1) is 22.2. The highest BCUT2D eigenvalue weighted by molar-refractivity contribution is 6.07. The molecule has 0 bridgehead atoms. The van der Waals surface area contributed by atoms with Gasteiger partial charge in [0.05, 0.1) is 11.1 Å². The Morgan fingerprint density at radius 2 is 2.03 bits per heavy atom. The number of aryl methyl sites for hydroxylation is 2. The van der Waals surface area contributed by atoms with Crippen LogP contribution in [0.2, 0.25) is 0 Å². The molecular weight excluding hydrogens is 380 g/mol. The van der Waals surface area contributed by atoms with E-state index < -0.39 is 17.2 Å². The Bertz CT molecular complexity index is 1090. The summed E-state index contributed by atoms with van der Waals surface area (Å²) in [4.78, 5) is 28.9. The molecule has 1 aliphatic rings. The zero-order valence-electron chi connectivity index (χ0n) is 18.8. The van der Waals surface area contributed by atoms with Crippen LogP contribution >= 0.6 is 0 Å². The van der Waals surface area contributed by atoms with E-state index in [2.05, 4.69) is 23.7 Å². The summed E-state index contributed by atoms with van der Waals surface area (Å²) in [6, 6.07) is 0. The number of carbonyl (C=O) groups is 1. The number of aromatic nitrogens is 2. The van der Waals surface area contributed by atoms with E-state index in [4.69, 9.17) is 4.74 Å². The number of fused-ring (bicyclic) bond motifs is 1. The molecule has 1 saturated carbocycles. The maximum atomic E-state index is 13.1. The van der Waals surface area contributed by atoms with Crippen molar-refractivity contribution in [3.8, 4) is 11.8 Å². The average molecular weight is 413 g/mol. The number of pyridine rings is 1. The highest BCUT2D eigenvalue weighted by Crippen LogP contribution is 2.39. The fraction of sp³-hybridized carbons (Fsp3) is 0.583. The van der Waals surface area contributed by atoms with Crippen molar-refractivity contribution in [1.82, 2.24) is 9.55 Å². The molecule has 0 aliphatic heterocycles. The Balaban J connectivity index is 2.10. The standard InChI is InChI=1S/C24H32N2O4/c1-7-8-12-23(3,4)30-22(28)18-15(2)25-20-19(18)16(14-26(6)21(20)27)11-13-24(5,29)17-9-10-17/h14,17,25,29H,7-10,12H2,1-6H3. The van der Waals surface area contributed by atoms with E-state index in [1.165, 1.54) is 4.57 Å². The first-order valence-corrected chi connectivity index (χ1v) is 10.7. The Kier molecular flexibility index (Phi) is 5.88. The van der Waals surface area contributed by atoms with Gasteiger partial charge in [0.25, 0.3) is 5.56 Å². The molecule has 6 heteroatoms. The molecule has 0 aromatic carbocycles. The molecule has 6 nitrogen and oxygen atoms in total. The van der Waals surface area contributed by atoms with Gasteiger partial charge in [0.2, 0.25) is 0 Å². The number of carbonyl (C=O) groups excluding carboxylic acids is 1. The smallest absolute Gasteiger partial charge is 0.341 e. The van der Waals surface area contributed by atoms with E-state index in [1.54, 1.807) is 27.1 Å². The van der Waals surface area contributed by atoms with Crippen molar-refractivity contribution < 1.29 is 14.6 Å². The first-order chi connectivity index (χ1) is 14.0. The van der Waals surface area contributed by atoms with Crippen LogP contribution in [0.3, 0.4) is 0 Å². The molecule has 0 radical (unpaired) electrons. The van der Waals surface area contributed by atoms with Gasteiger partial charge in [-0.3, -0.25) is 4.79 Å². The van der Waals surface area contributed by atoms with Crippen LogP contribution in [0.15, 0.2) is 11.0 Å². The van der Waals surface area contributed by atoms with Gasteiger partial charge in [-0.2, -0.15) is 0 Å². The van der Waals surface area contributed by atoms with Gasteiger partial charge >= 0.3 is 5.97 Å². The number of ether oxygens (including phenoxy) is 1. The summed E-state index contributed by atoms with van der Waals surface area (Å²) in [6.45, 7) is 9.37. The maximum Gasteiger partial charge on any atom is 0.341 e. The molecule has 2 aromatic rings. The van der Waals surface area contributed by atoms with Crippen LogP contribution < -0.4 is 5.56 Å². The van der Waals surface area contributed by atoms with Gasteiger partial charge in [0.1, 0.15) is 16.7 Å². The predicted octanol–water partition coefficient (Wildman–Crippen LogP) is 3.81. The molecule has 2 aromatic heterocycles. The van der Waals surface area contributed by atoms with Crippen LogP contribution in [0, 0.1) is 24.7 Å². The number of esters is 1. The Morgan fingerprint density at radius 3 is 2.63 bits per heavy atom. The summed E-state index contributed by atoms with van der Waals surface area (Å²) >= 11 is 0. The summed E-state index contributed by atoms with van der Waals surface area (Å²) in [5.41, 5.74) is -0.178. The zero-order valence-corrected chi connectivity index (χ0v) is 18.8. The minimum Gasteiger partial charge on any atom is -0.456 e. The lowest BCUT2D eigenvalue weighted by atomic mass is 9.99. The number of H-pyrrole nitrogens is 1. The van der Waals surface area contributed by atoms with Crippen LogP contribution in [-0.4, -0.2) is 31.8 Å². The van der Waals surface area contributed by atoms with E-state index in [0.717, 1.165) is 32.1 Å². The minimum absolute atomic E-state index is 0.171. The predicted molar refractivity (Wildman–Crippen MR) is 118 cm³/mol. The van der Waals surface area contributed by atoms with Crippen LogP contribution in [0.4, 0.5) is 0 Å². The molecule has 1 fully saturated rings. The van der Waals surface area contributed by atoms with E-state index in [0.29, 0.717) is 27.7 Å². The molecule has 0 spiro atoms. The monoisotopic (exact) mass is 412 g/mol. The van der Waals surface area contributed by atoms with Gasteiger partial charge < -0.3 is 19.4 Å². The summed E-state index contributed by atoms with van der Waals surface area (Å²) in [7, 11) is 1.65. The third-order valence-corrected chi connectivity index (χ3v) is 5.84. The van der Waals surface area contributed by atoms with Gasteiger partial charge in [-0.15, -0.1) is 0 Å². The Labute approximate surface area is 177 Å². The van der Waals surface area contributed by atoms with Crippen LogP contribution in [0.5, 0.6) is 0 Å². The van der Waals surface area contributed by atoms with Crippen molar-refractivity contribution in [3.05, 3.63) is 33.4 Å². The number of hydrogen-bond donors (Lipinski definition) is 2. The normalized spacial score (nSPS) is 16.1. The van der Waals surface area contributed by atoms with Gasteiger partial charge in [0, 0.05) is 24.3 Å². The number of unbranched alkanes of at least 4 members (excludes halogenated alkanes) is 1. The van der Waals surface area contributed by atoms with Gasteiger partial charge in [-0.1, -0.05) is 25.2 Å². The second-order valence-electron chi connectivity index (χ2n) is 9.26. The van der Waals surface area contributed by atoms with Crippen LogP contribution in [-0.2, 0) is 11.8 Å². The molecular formula is C24H32N2O4. The van der Waals surface area contributed by atoms with Gasteiger partial charge in [-0.05, 0) is 59.3 Å². The highest BCUT2D eigenvalue weighted by atomic mass is 16.6. The Morgan fingerprint density at radius 1 is 1.37 bits per heavy atom. The van der Waals surface area contributed by atoms with Crippen molar-refractivity contribution in [1.29, 1.82) is 0 Å². The minimum atomic E-state index is -1.09. The van der Waals surface area contributed by atoms with E-state index in [1.807, 2.05) is 13.8 Å². The molecule has 1 aliphatic carbocycles. The van der Waals surface area contributed by atoms with E-state index in [-0.39, 0.29) is 11.5 Å². The van der Waals surface area contributed by atoms with Crippen molar-refractivity contribution in [2.75, 3.05) is 0 Å². The third kappa shape index (κ3) is 4.46. The zero-order chi connectivity index (χ0) is 22.3. The highest BCUT2D eigenvalue weighted by Gasteiger charge is 2.38. The second-order valence-corrected chi connectivity index (χ2v) is 9.26. The van der Waals surface area contributed by atoms with Crippen molar-refractivity contribution >= 4 is 16.9 Å². The van der Waals surface area contributed by atoms with Crippen molar-refractivity contribution in [3.63, 3.8) is 0 Å². The van der Waals surface area contributed by atoms with Gasteiger partial charge in [0.15, 0.2) is 0 Å². The summed E-state index contributed by atoms with van der Waals surface area (Å²) < 4.78 is 7.27. The summed E-state index contributed by atoms with van der Waals surface area (Å²) in [6.07, 6.45) is 6.27.